The van der Waals surface area contributed by atoms with Crippen LogP contribution in [0.5, 0.6) is 0 Å². The van der Waals surface area contributed by atoms with Crippen molar-refractivity contribution in [2.24, 2.45) is 10.7 Å². The summed E-state index contributed by atoms with van der Waals surface area (Å²) in [6, 6.07) is 0. The van der Waals surface area contributed by atoms with Gasteiger partial charge in [0.25, 0.3) is 0 Å². The molecule has 0 saturated heterocycles. The van der Waals surface area contributed by atoms with E-state index >= 15 is 0 Å². The quantitative estimate of drug-likeness (QED) is 0.507. The Kier molecular flexibility index (Phi) is 8.09. The summed E-state index contributed by atoms with van der Waals surface area (Å²) in [5.74, 6) is 0.673. The Morgan fingerprint density at radius 2 is 1.53 bits per heavy atom. The van der Waals surface area contributed by atoms with E-state index < -0.39 is 0 Å². The normalized spacial score (nSPS) is 12.2. The molecule has 0 aromatic carbocycles. The van der Waals surface area contributed by atoms with Crippen LogP contribution in [0.15, 0.2) is 4.99 Å². The molecule has 0 saturated carbocycles. The Morgan fingerprint density at radius 1 is 1.00 bits per heavy atom. The van der Waals surface area contributed by atoms with Crippen molar-refractivity contribution in [1.82, 2.24) is 9.80 Å². The maximum Gasteiger partial charge on any atom is 0.191 e. The van der Waals surface area contributed by atoms with E-state index in [-0.39, 0.29) is 0 Å². The third-order valence-corrected chi connectivity index (χ3v) is 2.67. The van der Waals surface area contributed by atoms with Gasteiger partial charge in [0.15, 0.2) is 5.96 Å². The lowest BCUT2D eigenvalue weighted by Crippen LogP contribution is -2.37. The van der Waals surface area contributed by atoms with Crippen LogP contribution in [-0.4, -0.2) is 55.0 Å². The molecule has 0 radical (unpaired) electrons. The number of likely N-dealkylation sites (N-methyl/N-ethyl adjacent to an activating group) is 1. The molecule has 0 aliphatic heterocycles. The third kappa shape index (κ3) is 5.62. The molecule has 0 rings (SSSR count). The van der Waals surface area contributed by atoms with Gasteiger partial charge in [-0.25, -0.2) is 0 Å². The Hall–Kier alpha value is -0.770. The van der Waals surface area contributed by atoms with Crippen molar-refractivity contribution >= 4 is 5.96 Å². The van der Waals surface area contributed by atoms with Crippen LogP contribution in [0.4, 0.5) is 0 Å². The summed E-state index contributed by atoms with van der Waals surface area (Å²) in [7, 11) is 0. The van der Waals surface area contributed by atoms with E-state index in [1.165, 1.54) is 0 Å². The highest BCUT2D eigenvalue weighted by Crippen LogP contribution is 1.89. The van der Waals surface area contributed by atoms with Crippen molar-refractivity contribution in [1.29, 1.82) is 0 Å². The van der Waals surface area contributed by atoms with Gasteiger partial charge in [-0.1, -0.05) is 13.8 Å². The summed E-state index contributed by atoms with van der Waals surface area (Å²) in [6.07, 6.45) is 0. The smallest absolute Gasteiger partial charge is 0.191 e. The van der Waals surface area contributed by atoms with E-state index in [1.807, 2.05) is 0 Å². The maximum absolute atomic E-state index is 5.87. The summed E-state index contributed by atoms with van der Waals surface area (Å²) in [4.78, 5) is 8.80. The average Bonchev–Trinajstić information content (AvgIpc) is 2.26. The summed E-state index contributed by atoms with van der Waals surface area (Å²) in [6.45, 7) is 14.3. The molecular formula is C11H26N4. The second kappa shape index (κ2) is 8.53. The van der Waals surface area contributed by atoms with Gasteiger partial charge in [-0.3, -0.25) is 4.99 Å². The lowest BCUT2D eigenvalue weighted by Gasteiger charge is -2.20. The van der Waals surface area contributed by atoms with Crippen LogP contribution in [-0.2, 0) is 0 Å². The fraction of sp³-hybridized carbons (Fsp3) is 0.909. The molecule has 0 bridgehead atoms. The van der Waals surface area contributed by atoms with Gasteiger partial charge in [0.1, 0.15) is 0 Å². The predicted octanol–water partition coefficient (Wildman–Crippen LogP) is 0.985. The number of nitrogens with zero attached hydrogens (tertiary/aromatic N) is 3. The minimum Gasteiger partial charge on any atom is -0.370 e. The van der Waals surface area contributed by atoms with Crippen LogP contribution in [0.3, 0.4) is 0 Å². The Morgan fingerprint density at radius 3 is 1.93 bits per heavy atom. The first-order valence-corrected chi connectivity index (χ1v) is 5.96. The zero-order valence-corrected chi connectivity index (χ0v) is 10.7. The van der Waals surface area contributed by atoms with Crippen molar-refractivity contribution in [3.63, 3.8) is 0 Å². The predicted molar refractivity (Wildman–Crippen MR) is 67.2 cm³/mol. The number of guanidine groups is 1. The van der Waals surface area contributed by atoms with Crippen LogP contribution >= 0.6 is 0 Å². The summed E-state index contributed by atoms with van der Waals surface area (Å²) < 4.78 is 0. The van der Waals surface area contributed by atoms with Gasteiger partial charge in [-0.15, -0.1) is 0 Å². The first kappa shape index (κ1) is 14.2. The van der Waals surface area contributed by atoms with E-state index in [2.05, 4.69) is 42.5 Å². The zero-order chi connectivity index (χ0) is 11.7. The lowest BCUT2D eigenvalue weighted by molar-refractivity contribution is 0.312. The highest BCUT2D eigenvalue weighted by atomic mass is 15.2. The van der Waals surface area contributed by atoms with Crippen LogP contribution in [0, 0.1) is 0 Å². The van der Waals surface area contributed by atoms with Crippen molar-refractivity contribution in [3.8, 4) is 0 Å². The van der Waals surface area contributed by atoms with Gasteiger partial charge >= 0.3 is 0 Å². The SMILES string of the molecule is CCN(CC)CCN=C(N)N(CC)CC. The molecule has 0 unspecified atom stereocenters. The Bertz CT molecular complexity index is 171. The molecule has 2 N–H and O–H groups in total. The van der Waals surface area contributed by atoms with E-state index in [4.69, 9.17) is 5.73 Å². The Balaban J connectivity index is 3.93. The monoisotopic (exact) mass is 214 g/mol. The molecule has 0 aromatic heterocycles. The first-order valence-electron chi connectivity index (χ1n) is 5.96. The van der Waals surface area contributed by atoms with Crippen LogP contribution in [0.2, 0.25) is 0 Å². The molecule has 0 aliphatic carbocycles. The van der Waals surface area contributed by atoms with Gasteiger partial charge in [-0.05, 0) is 26.9 Å². The van der Waals surface area contributed by atoms with E-state index in [1.54, 1.807) is 0 Å². The highest BCUT2D eigenvalue weighted by Gasteiger charge is 2.02. The summed E-state index contributed by atoms with van der Waals surface area (Å²) >= 11 is 0. The first-order chi connectivity index (χ1) is 7.19. The summed E-state index contributed by atoms with van der Waals surface area (Å²) in [5.41, 5.74) is 5.87. The molecule has 0 aromatic rings. The molecule has 0 amide bonds. The van der Waals surface area contributed by atoms with E-state index in [0.29, 0.717) is 5.96 Å². The molecule has 90 valence electrons. The highest BCUT2D eigenvalue weighted by molar-refractivity contribution is 5.77. The topological polar surface area (TPSA) is 44.9 Å². The van der Waals surface area contributed by atoms with Gasteiger partial charge in [-0.2, -0.15) is 0 Å². The zero-order valence-electron chi connectivity index (χ0n) is 10.7. The standard InChI is InChI=1S/C11H26N4/c1-5-14(6-2)10-9-13-11(12)15(7-3)8-4/h5-10H2,1-4H3,(H2,12,13). The second-order valence-electron chi connectivity index (χ2n) is 3.44. The molecule has 0 aliphatic rings. The fourth-order valence-corrected chi connectivity index (χ4v) is 1.49. The van der Waals surface area contributed by atoms with Crippen molar-refractivity contribution in [3.05, 3.63) is 0 Å². The van der Waals surface area contributed by atoms with Gasteiger partial charge in [0, 0.05) is 19.6 Å². The van der Waals surface area contributed by atoms with Crippen molar-refractivity contribution in [2.75, 3.05) is 39.3 Å². The molecule has 0 spiro atoms. The van der Waals surface area contributed by atoms with Crippen LogP contribution in [0.1, 0.15) is 27.7 Å². The van der Waals surface area contributed by atoms with Gasteiger partial charge in [0.05, 0.1) is 6.54 Å². The fourth-order valence-electron chi connectivity index (χ4n) is 1.49. The van der Waals surface area contributed by atoms with Crippen LogP contribution < -0.4 is 5.73 Å². The number of rotatable bonds is 7. The third-order valence-electron chi connectivity index (χ3n) is 2.67. The molecule has 4 nitrogen and oxygen atoms in total. The van der Waals surface area contributed by atoms with Gasteiger partial charge in [0.2, 0.25) is 0 Å². The minimum atomic E-state index is 0.673. The van der Waals surface area contributed by atoms with Crippen LogP contribution in [0.25, 0.3) is 0 Å². The lowest BCUT2D eigenvalue weighted by atomic mass is 10.4. The number of hydrogen-bond donors (Lipinski definition) is 1. The van der Waals surface area contributed by atoms with Gasteiger partial charge < -0.3 is 15.5 Å². The van der Waals surface area contributed by atoms with Crippen molar-refractivity contribution < 1.29 is 0 Å². The number of nitrogens with two attached hydrogens (primary N) is 1. The second-order valence-corrected chi connectivity index (χ2v) is 3.44. The molecule has 4 heteroatoms. The summed E-state index contributed by atoms with van der Waals surface area (Å²) in [5, 5.41) is 0. The minimum absolute atomic E-state index is 0.673. The molecule has 15 heavy (non-hydrogen) atoms. The molecular weight excluding hydrogens is 188 g/mol. The molecule has 0 fully saturated rings. The largest absolute Gasteiger partial charge is 0.370 e. The number of aliphatic imine (C=N–C) groups is 1. The van der Waals surface area contributed by atoms with Crippen molar-refractivity contribution in [2.45, 2.75) is 27.7 Å². The number of hydrogen-bond acceptors (Lipinski definition) is 2. The molecule has 0 atom stereocenters. The van der Waals surface area contributed by atoms with E-state index in [0.717, 1.165) is 39.3 Å². The molecule has 0 heterocycles. The maximum atomic E-state index is 5.87. The Labute approximate surface area is 94.1 Å². The average molecular weight is 214 g/mol. The van der Waals surface area contributed by atoms with E-state index in [9.17, 15) is 0 Å².